The van der Waals surface area contributed by atoms with Gasteiger partial charge in [0.15, 0.2) is 0 Å². The molecule has 0 fully saturated rings. The Morgan fingerprint density at radius 3 is 1.53 bits per heavy atom. The molecule has 0 saturated carbocycles. The van der Waals surface area contributed by atoms with Crippen molar-refractivity contribution in [2.45, 2.75) is 219 Å². The number of carboxylic acid groups (broad SMARTS) is 1. The van der Waals surface area contributed by atoms with Gasteiger partial charge in [0, 0.05) is 12.8 Å². The van der Waals surface area contributed by atoms with Gasteiger partial charge in [-0.3, -0.25) is 9.59 Å². The largest absolute Gasteiger partial charge is 0.480 e. The number of unbranched alkanes of at least 4 members (excludes halogenated alkanes) is 20. The van der Waals surface area contributed by atoms with Crippen LogP contribution in [0.25, 0.3) is 0 Å². The van der Waals surface area contributed by atoms with E-state index in [9.17, 15) is 19.5 Å². The molecule has 0 aromatic rings. The molecule has 0 heterocycles. The summed E-state index contributed by atoms with van der Waals surface area (Å²) in [7, 11) is 0. The molecule has 276 valence electrons. The molecule has 0 aliphatic carbocycles. The monoisotopic (exact) mass is 665 g/mol. The lowest BCUT2D eigenvalue weighted by atomic mass is 10.0. The van der Waals surface area contributed by atoms with Crippen LogP contribution >= 0.6 is 0 Å². The molecule has 0 aromatic heterocycles. The van der Waals surface area contributed by atoms with Crippen molar-refractivity contribution in [1.82, 2.24) is 5.32 Å². The lowest BCUT2D eigenvalue weighted by molar-refractivity contribution is -0.150. The van der Waals surface area contributed by atoms with E-state index < -0.39 is 12.0 Å². The van der Waals surface area contributed by atoms with Gasteiger partial charge in [0.1, 0.15) is 12.1 Å². The summed E-state index contributed by atoms with van der Waals surface area (Å²) in [5, 5.41) is 11.9. The van der Waals surface area contributed by atoms with E-state index in [-0.39, 0.29) is 18.0 Å². The number of aliphatic carboxylic acids is 1. The smallest absolute Gasteiger partial charge is 0.326 e. The summed E-state index contributed by atoms with van der Waals surface area (Å²) in [5.74, 6) is -1.27. The summed E-state index contributed by atoms with van der Waals surface area (Å²) in [6, 6.07) is -0.860. The van der Waals surface area contributed by atoms with Gasteiger partial charge in [-0.05, 0) is 83.6 Å². The number of carbonyl (C=O) groups is 3. The number of esters is 1. The minimum absolute atomic E-state index is 0.00820. The minimum atomic E-state index is -1.01. The Hall–Kier alpha value is -1.89. The van der Waals surface area contributed by atoms with Crippen LogP contribution in [0.4, 0.5) is 0 Å². The quantitative estimate of drug-likeness (QED) is 0.0348. The molecule has 0 rings (SSSR count). The third-order valence-electron chi connectivity index (χ3n) is 9.08. The summed E-state index contributed by atoms with van der Waals surface area (Å²) in [5.41, 5.74) is 5.47. The molecule has 0 aliphatic rings. The number of hydrogen-bond acceptors (Lipinski definition) is 5. The molecule has 1 amide bonds. The SMILES string of the molecule is CCCCCCCC/C=C\CCCCCCCCCC(=O)OC(CCCCCCC)CCCCCCC(=O)NC(CCCN)C(=O)O. The summed E-state index contributed by atoms with van der Waals surface area (Å²) in [6.07, 6.45) is 36.9. The second-order valence-electron chi connectivity index (χ2n) is 13.7. The molecule has 0 spiro atoms. The number of carbonyl (C=O) groups excluding carboxylic acids is 2. The number of nitrogens with two attached hydrogens (primary N) is 1. The lowest BCUT2D eigenvalue weighted by Crippen LogP contribution is -2.40. The molecule has 7 nitrogen and oxygen atoms in total. The molecule has 4 N–H and O–H groups in total. The first-order valence-electron chi connectivity index (χ1n) is 20.0. The Morgan fingerprint density at radius 2 is 1.04 bits per heavy atom. The number of nitrogens with one attached hydrogen (secondary N) is 1. The van der Waals surface area contributed by atoms with Crippen LogP contribution in [0.3, 0.4) is 0 Å². The topological polar surface area (TPSA) is 119 Å². The highest BCUT2D eigenvalue weighted by Crippen LogP contribution is 2.18. The summed E-state index contributed by atoms with van der Waals surface area (Å²) in [6.45, 7) is 4.90. The summed E-state index contributed by atoms with van der Waals surface area (Å²) >= 11 is 0. The van der Waals surface area contributed by atoms with Crippen LogP contribution in [0.15, 0.2) is 12.2 Å². The van der Waals surface area contributed by atoms with Gasteiger partial charge < -0.3 is 20.9 Å². The normalized spacial score (nSPS) is 12.7. The van der Waals surface area contributed by atoms with Crippen LogP contribution in [0.5, 0.6) is 0 Å². The number of rotatable bonds is 36. The van der Waals surface area contributed by atoms with Gasteiger partial charge in [0.05, 0.1) is 0 Å². The highest BCUT2D eigenvalue weighted by atomic mass is 16.5. The fourth-order valence-electron chi connectivity index (χ4n) is 6.03. The van der Waals surface area contributed by atoms with E-state index in [2.05, 4.69) is 31.3 Å². The lowest BCUT2D eigenvalue weighted by Gasteiger charge is -2.18. The predicted molar refractivity (Wildman–Crippen MR) is 197 cm³/mol. The molecule has 0 aliphatic heterocycles. The van der Waals surface area contributed by atoms with Crippen molar-refractivity contribution in [2.75, 3.05) is 6.54 Å². The van der Waals surface area contributed by atoms with Crippen LogP contribution in [0.1, 0.15) is 206 Å². The fraction of sp³-hybridized carbons (Fsp3) is 0.875. The standard InChI is InChI=1S/C40H76N2O5/c1-3-5-7-9-10-11-12-13-14-15-16-17-18-19-20-22-28-34-39(44)47-36(30-25-21-8-6-4-2)31-26-23-24-27-33-38(43)42-37(40(45)46)32-29-35-41/h13-14,36-37H,3-12,15-35,41H2,1-2H3,(H,42,43)(H,45,46)/b14-13-. The Labute approximate surface area is 290 Å². The molecule has 0 aromatic carbocycles. The van der Waals surface area contributed by atoms with E-state index in [0.717, 1.165) is 57.8 Å². The number of amides is 1. The van der Waals surface area contributed by atoms with Crippen LogP contribution in [0, 0.1) is 0 Å². The zero-order valence-corrected chi connectivity index (χ0v) is 30.9. The Bertz CT molecular complexity index is 757. The van der Waals surface area contributed by atoms with Gasteiger partial charge in [-0.1, -0.05) is 129 Å². The Balaban J connectivity index is 4.06. The first-order valence-corrected chi connectivity index (χ1v) is 20.0. The van der Waals surface area contributed by atoms with E-state index >= 15 is 0 Å². The van der Waals surface area contributed by atoms with Crippen LogP contribution in [-0.4, -0.2) is 41.6 Å². The number of hydrogen-bond donors (Lipinski definition) is 3. The molecular weight excluding hydrogens is 588 g/mol. The van der Waals surface area contributed by atoms with Crippen molar-refractivity contribution in [3.63, 3.8) is 0 Å². The molecule has 47 heavy (non-hydrogen) atoms. The molecular formula is C40H76N2O5. The molecule has 2 unspecified atom stereocenters. The van der Waals surface area contributed by atoms with Crippen LogP contribution in [-0.2, 0) is 19.1 Å². The van der Waals surface area contributed by atoms with Crippen molar-refractivity contribution >= 4 is 17.8 Å². The molecule has 2 atom stereocenters. The van der Waals surface area contributed by atoms with Crippen molar-refractivity contribution in [3.05, 3.63) is 12.2 Å². The van der Waals surface area contributed by atoms with Crippen molar-refractivity contribution in [3.8, 4) is 0 Å². The number of ether oxygens (including phenoxy) is 1. The van der Waals surface area contributed by atoms with Gasteiger partial charge >= 0.3 is 11.9 Å². The van der Waals surface area contributed by atoms with Crippen LogP contribution < -0.4 is 11.1 Å². The van der Waals surface area contributed by atoms with Crippen molar-refractivity contribution in [1.29, 1.82) is 0 Å². The van der Waals surface area contributed by atoms with E-state index in [1.807, 2.05) is 0 Å². The second kappa shape index (κ2) is 35.4. The number of carboxylic acids is 1. The third kappa shape index (κ3) is 32.4. The fourth-order valence-corrected chi connectivity index (χ4v) is 6.03. The van der Waals surface area contributed by atoms with E-state index in [1.54, 1.807) is 0 Å². The molecule has 0 radical (unpaired) electrons. The van der Waals surface area contributed by atoms with Gasteiger partial charge in [-0.15, -0.1) is 0 Å². The van der Waals surface area contributed by atoms with E-state index in [1.165, 1.54) is 109 Å². The minimum Gasteiger partial charge on any atom is -0.480 e. The predicted octanol–water partition coefficient (Wildman–Crippen LogP) is 10.7. The average molecular weight is 665 g/mol. The number of allylic oxidation sites excluding steroid dienone is 2. The molecule has 0 saturated heterocycles. The zero-order valence-electron chi connectivity index (χ0n) is 30.9. The van der Waals surface area contributed by atoms with Gasteiger partial charge in [-0.25, -0.2) is 4.79 Å². The van der Waals surface area contributed by atoms with Gasteiger partial charge in [0.25, 0.3) is 0 Å². The maximum atomic E-state index is 12.6. The highest BCUT2D eigenvalue weighted by molar-refractivity contribution is 5.83. The maximum absolute atomic E-state index is 12.6. The molecule has 7 heteroatoms. The van der Waals surface area contributed by atoms with Crippen molar-refractivity contribution < 1.29 is 24.2 Å². The second-order valence-corrected chi connectivity index (χ2v) is 13.7. The van der Waals surface area contributed by atoms with Gasteiger partial charge in [0.2, 0.25) is 5.91 Å². The van der Waals surface area contributed by atoms with Crippen LogP contribution in [0.2, 0.25) is 0 Å². The van der Waals surface area contributed by atoms with E-state index in [4.69, 9.17) is 10.5 Å². The van der Waals surface area contributed by atoms with E-state index in [0.29, 0.717) is 32.2 Å². The average Bonchev–Trinajstić information content (AvgIpc) is 3.05. The third-order valence-corrected chi connectivity index (χ3v) is 9.08. The van der Waals surface area contributed by atoms with Crippen molar-refractivity contribution in [2.24, 2.45) is 5.73 Å². The Morgan fingerprint density at radius 1 is 0.596 bits per heavy atom. The maximum Gasteiger partial charge on any atom is 0.326 e. The zero-order chi connectivity index (χ0) is 34.6. The summed E-state index contributed by atoms with van der Waals surface area (Å²) in [4.78, 5) is 36.1. The Kier molecular flexibility index (Phi) is 34.0. The molecule has 0 bridgehead atoms. The first-order chi connectivity index (χ1) is 22.9. The van der Waals surface area contributed by atoms with Gasteiger partial charge in [-0.2, -0.15) is 0 Å². The highest BCUT2D eigenvalue weighted by Gasteiger charge is 2.19. The first kappa shape index (κ1) is 45.1. The summed E-state index contributed by atoms with van der Waals surface area (Å²) < 4.78 is 5.96.